The number of hydrogen-bond donors (Lipinski definition) is 2. The second kappa shape index (κ2) is 29.5. The van der Waals surface area contributed by atoms with Crippen LogP contribution in [-0.2, 0) is 19.1 Å². The summed E-state index contributed by atoms with van der Waals surface area (Å²) in [7, 11) is 4.15. The number of ether oxygens (including phenoxy) is 2. The summed E-state index contributed by atoms with van der Waals surface area (Å²) in [5.74, 6) is 2.39. The number of carboxylic acids is 1. The molecule has 0 aromatic carbocycles. The first-order chi connectivity index (χ1) is 21.4. The van der Waals surface area contributed by atoms with Crippen molar-refractivity contribution in [3.8, 4) is 0 Å². The van der Waals surface area contributed by atoms with Gasteiger partial charge in [0.15, 0.2) is 11.5 Å². The van der Waals surface area contributed by atoms with E-state index in [2.05, 4.69) is 81.3 Å². The van der Waals surface area contributed by atoms with E-state index < -0.39 is 5.97 Å². The molecule has 0 radical (unpaired) electrons. The minimum absolute atomic E-state index is 0.307. The van der Waals surface area contributed by atoms with Crippen molar-refractivity contribution in [2.45, 2.75) is 106 Å². The van der Waals surface area contributed by atoms with Crippen LogP contribution in [0.5, 0.6) is 0 Å². The van der Waals surface area contributed by atoms with Gasteiger partial charge in [-0.15, -0.1) is 7.92 Å². The molecular weight excluding hydrogens is 585 g/mol. The van der Waals surface area contributed by atoms with Crippen molar-refractivity contribution in [3.63, 3.8) is 0 Å². The third-order valence-electron chi connectivity index (χ3n) is 7.12. The van der Waals surface area contributed by atoms with Gasteiger partial charge in [-0.3, -0.25) is 14.5 Å². The zero-order valence-corrected chi connectivity index (χ0v) is 31.8. The number of nitrogens with one attached hydrogen (secondary N) is 1. The molecule has 2 aliphatic heterocycles. The summed E-state index contributed by atoms with van der Waals surface area (Å²) in [6.45, 7) is 22.5. The van der Waals surface area contributed by atoms with Crippen molar-refractivity contribution >= 4 is 19.8 Å². The predicted octanol–water partition coefficient (Wildman–Crippen LogP) is 7.95. The number of hydrogen-bond acceptors (Lipinski definition) is 6. The maximum Gasteiger partial charge on any atom is 0.300 e. The lowest BCUT2D eigenvalue weighted by Crippen LogP contribution is -2.42. The lowest BCUT2D eigenvalue weighted by molar-refractivity contribution is -0.134. The van der Waals surface area contributed by atoms with Gasteiger partial charge in [0.25, 0.3) is 5.97 Å². The Balaban J connectivity index is 0. The minimum Gasteiger partial charge on any atom is -0.481 e. The molecule has 9 heteroatoms. The second-order valence-electron chi connectivity index (χ2n) is 12.5. The van der Waals surface area contributed by atoms with E-state index in [0.29, 0.717) is 39.1 Å². The van der Waals surface area contributed by atoms with Crippen molar-refractivity contribution in [3.05, 3.63) is 35.8 Å². The van der Waals surface area contributed by atoms with Gasteiger partial charge in [-0.05, 0) is 97.1 Å². The molecule has 0 spiro atoms. The highest BCUT2D eigenvalue weighted by molar-refractivity contribution is 7.55. The molecule has 2 rings (SSSR count). The van der Waals surface area contributed by atoms with Crippen LogP contribution in [0.4, 0.5) is 0 Å². The van der Waals surface area contributed by atoms with Crippen LogP contribution in [0.25, 0.3) is 0 Å². The summed E-state index contributed by atoms with van der Waals surface area (Å²) < 4.78 is 10.9. The molecule has 264 valence electrons. The van der Waals surface area contributed by atoms with Crippen LogP contribution in [0.2, 0.25) is 0 Å². The molecule has 2 atom stereocenters. The molecule has 8 nitrogen and oxygen atoms in total. The van der Waals surface area contributed by atoms with Gasteiger partial charge in [-0.1, -0.05) is 65.5 Å². The van der Waals surface area contributed by atoms with Crippen molar-refractivity contribution < 1.29 is 24.2 Å². The topological polar surface area (TPSA) is 91.3 Å². The van der Waals surface area contributed by atoms with Crippen LogP contribution in [0.1, 0.15) is 99.8 Å². The van der Waals surface area contributed by atoms with Gasteiger partial charge in [0, 0.05) is 32.6 Å². The Bertz CT molecular complexity index is 841. The molecule has 0 aromatic heterocycles. The molecule has 0 aliphatic carbocycles. The van der Waals surface area contributed by atoms with E-state index in [1.54, 1.807) is 0 Å². The van der Waals surface area contributed by atoms with E-state index in [-0.39, 0.29) is 0 Å². The van der Waals surface area contributed by atoms with Crippen LogP contribution >= 0.6 is 7.92 Å². The number of unbranched alkanes of at least 4 members (excludes halogenated alkanes) is 2. The maximum absolute atomic E-state index is 13.1. The summed E-state index contributed by atoms with van der Waals surface area (Å²) in [5.41, 5.74) is 0. The van der Waals surface area contributed by atoms with Gasteiger partial charge in [-0.25, -0.2) is 0 Å². The molecule has 2 fully saturated rings. The van der Waals surface area contributed by atoms with E-state index in [9.17, 15) is 4.79 Å². The minimum atomic E-state index is -0.833. The highest BCUT2D eigenvalue weighted by Crippen LogP contribution is 2.25. The third kappa shape index (κ3) is 25.9. The Morgan fingerprint density at radius 3 is 2.20 bits per heavy atom. The Hall–Kier alpha value is -1.89. The average Bonchev–Trinajstić information content (AvgIpc) is 3.56. The van der Waals surface area contributed by atoms with E-state index >= 15 is 0 Å². The SMILES string of the molecule is C/C=C1/OCO/C1=C/C/C=C/C1CC(C)N(CC(=O)N(CCCC)CCCCC(C)C)C1.CC(=O)O.CCCP(C)C.CNC. The number of carboxylic acid groups (broad SMARTS) is 1. The Labute approximate surface area is 278 Å². The number of rotatable bonds is 15. The van der Waals surface area contributed by atoms with E-state index in [0.717, 1.165) is 76.1 Å². The summed E-state index contributed by atoms with van der Waals surface area (Å²) in [4.78, 5) is 26.6. The van der Waals surface area contributed by atoms with Crippen LogP contribution in [-0.4, -0.2) is 99.4 Å². The third-order valence-corrected chi connectivity index (χ3v) is 8.46. The smallest absolute Gasteiger partial charge is 0.300 e. The summed E-state index contributed by atoms with van der Waals surface area (Å²) in [6, 6.07) is 0.446. The second-order valence-corrected chi connectivity index (χ2v) is 15.1. The first-order valence-corrected chi connectivity index (χ1v) is 19.5. The number of allylic oxidation sites excluding steroid dienone is 3. The van der Waals surface area contributed by atoms with E-state index in [1.165, 1.54) is 25.4 Å². The number of carbonyl (C=O) groups excluding carboxylic acids is 1. The molecule has 45 heavy (non-hydrogen) atoms. The molecule has 0 bridgehead atoms. The molecule has 1 amide bonds. The Morgan fingerprint density at radius 1 is 1.09 bits per heavy atom. The lowest BCUT2D eigenvalue weighted by Gasteiger charge is -2.27. The first-order valence-electron chi connectivity index (χ1n) is 17.1. The zero-order valence-electron chi connectivity index (χ0n) is 30.9. The van der Waals surface area contributed by atoms with E-state index in [1.807, 2.05) is 27.1 Å². The summed E-state index contributed by atoms with van der Waals surface area (Å²) in [6.07, 6.45) is 19.1. The lowest BCUT2D eigenvalue weighted by atomic mass is 10.1. The number of amides is 1. The fourth-order valence-electron chi connectivity index (χ4n) is 4.92. The molecule has 0 saturated carbocycles. The monoisotopic (exact) mass is 656 g/mol. The van der Waals surface area contributed by atoms with Crippen molar-refractivity contribution in [1.82, 2.24) is 15.1 Å². The molecule has 2 unspecified atom stereocenters. The fraction of sp³-hybridized carbons (Fsp3) is 0.778. The number of aliphatic carboxylic acids is 1. The van der Waals surface area contributed by atoms with Gasteiger partial charge in [-0.2, -0.15) is 0 Å². The molecule has 2 aliphatic rings. The van der Waals surface area contributed by atoms with Crippen LogP contribution < -0.4 is 5.32 Å². The zero-order chi connectivity index (χ0) is 34.6. The van der Waals surface area contributed by atoms with Gasteiger partial charge >= 0.3 is 0 Å². The van der Waals surface area contributed by atoms with Crippen molar-refractivity contribution in [1.29, 1.82) is 0 Å². The van der Waals surface area contributed by atoms with Crippen molar-refractivity contribution in [2.24, 2.45) is 11.8 Å². The number of carbonyl (C=O) groups is 2. The Kier molecular flexibility index (Phi) is 29.7. The molecule has 2 N–H and O–H groups in total. The van der Waals surface area contributed by atoms with Crippen LogP contribution in [0.15, 0.2) is 35.8 Å². The number of nitrogens with zero attached hydrogens (tertiary/aromatic N) is 2. The highest BCUT2D eigenvalue weighted by atomic mass is 31.1. The summed E-state index contributed by atoms with van der Waals surface area (Å²) >= 11 is 0. The van der Waals surface area contributed by atoms with Gasteiger partial charge in [0.05, 0.1) is 6.54 Å². The normalized spacial score (nSPS) is 19.4. The standard InChI is InChI=1S/C27H46N2O3.C5H13P.C2H7N.C2H4O2/c1-6-8-16-28(17-12-11-13-22(3)4)27(30)20-29-19-24(18-23(29)5)14-9-10-15-26-25(7-2)31-21-32-26;1-4-5-6(2)3;1-3-2;1-2(3)4/h7,9,14-15,22-24H,6,8,10-13,16-21H2,1-5H3;4-5H2,1-3H3;3H,1-2H3;1H3,(H,3,4)/b14-9+,25-7+,26-15+;;;. The average molecular weight is 656 g/mol. The highest BCUT2D eigenvalue weighted by Gasteiger charge is 2.30. The first kappa shape index (κ1) is 45.2. The molecule has 0 aromatic rings. The summed E-state index contributed by atoms with van der Waals surface area (Å²) in [5, 5.41) is 10.2. The fourth-order valence-corrected chi connectivity index (χ4v) is 5.81. The number of likely N-dealkylation sites (tertiary alicyclic amines) is 1. The molecule has 2 heterocycles. The maximum atomic E-state index is 13.1. The Morgan fingerprint density at radius 2 is 1.69 bits per heavy atom. The van der Waals surface area contributed by atoms with Crippen LogP contribution in [0.3, 0.4) is 0 Å². The van der Waals surface area contributed by atoms with E-state index in [4.69, 9.17) is 19.4 Å². The largest absolute Gasteiger partial charge is 0.481 e. The quantitative estimate of drug-likeness (QED) is 0.105. The van der Waals surface area contributed by atoms with Gasteiger partial charge < -0.3 is 24.8 Å². The molecular formula is C36H70N3O5P. The van der Waals surface area contributed by atoms with Crippen molar-refractivity contribution in [2.75, 3.05) is 66.6 Å². The van der Waals surface area contributed by atoms with Gasteiger partial charge in [0.1, 0.15) is 0 Å². The predicted molar refractivity (Wildman–Crippen MR) is 194 cm³/mol. The van der Waals surface area contributed by atoms with Crippen LogP contribution in [0, 0.1) is 11.8 Å². The molecule has 2 saturated heterocycles. The van der Waals surface area contributed by atoms with Gasteiger partial charge in [0.2, 0.25) is 12.7 Å².